The van der Waals surface area contributed by atoms with Crippen molar-refractivity contribution in [2.45, 2.75) is 245 Å². The Kier molecular flexibility index (Phi) is 42.8. The van der Waals surface area contributed by atoms with E-state index in [1.54, 1.807) is 0 Å². The fraction of sp³-hybridized carbons (Fsp3) is 0.704. The monoisotopic (exact) mass is 1030 g/mol. The minimum Gasteiger partial charge on any atom is -0.550 e. The molecule has 0 N–H and O–H groups in total. The summed E-state index contributed by atoms with van der Waals surface area (Å²) in [5.74, 6) is -3.23. The van der Waals surface area contributed by atoms with E-state index in [-0.39, 0.29) is 74.9 Å². The summed E-state index contributed by atoms with van der Waals surface area (Å²) in [6.07, 6.45) is 28.0. The fourth-order valence-corrected chi connectivity index (χ4v) is 7.92. The van der Waals surface area contributed by atoms with Crippen LogP contribution in [0.4, 0.5) is 0 Å². The van der Waals surface area contributed by atoms with Gasteiger partial charge in [0.05, 0.1) is 13.2 Å². The Bertz CT molecular complexity index is 1320. The Balaban J connectivity index is 0.00000124. The van der Waals surface area contributed by atoms with Gasteiger partial charge in [0.15, 0.2) is 0 Å². The molecule has 0 saturated heterocycles. The number of carbonyl (C=O) groups is 4. The van der Waals surface area contributed by atoms with Crippen molar-refractivity contribution in [3.05, 3.63) is 71.8 Å². The van der Waals surface area contributed by atoms with Crippen LogP contribution >= 0.6 is 0 Å². The van der Waals surface area contributed by atoms with Crippen LogP contribution < -0.4 is 10.2 Å². The van der Waals surface area contributed by atoms with Gasteiger partial charge in [0, 0.05) is 38.6 Å². The van der Waals surface area contributed by atoms with Crippen LogP contribution in [0, 0.1) is 0 Å². The van der Waals surface area contributed by atoms with Gasteiger partial charge < -0.3 is 38.7 Å². The number of carbonyl (C=O) groups excluding carboxylic acids is 4. The molecule has 11 heteroatoms. The van der Waals surface area contributed by atoms with Gasteiger partial charge in [0.2, 0.25) is 0 Å². The van der Waals surface area contributed by atoms with E-state index in [4.69, 9.17) is 18.9 Å². The van der Waals surface area contributed by atoms with Gasteiger partial charge >= 0.3 is 60.8 Å². The first-order valence-corrected chi connectivity index (χ1v) is 25.1. The summed E-state index contributed by atoms with van der Waals surface area (Å²) < 4.78 is 22.6. The molecule has 0 aliphatic carbocycles. The Labute approximate surface area is 434 Å². The van der Waals surface area contributed by atoms with E-state index in [9.17, 15) is 29.4 Å². The van der Waals surface area contributed by atoms with Crippen LogP contribution in [-0.4, -0.2) is 97.2 Å². The molecule has 0 fully saturated rings. The molecule has 10 nitrogen and oxygen atoms in total. The average Bonchev–Trinajstić information content (AvgIpc) is 3.27. The van der Waals surface area contributed by atoms with Crippen LogP contribution in [0.5, 0.6) is 0 Å². The number of ether oxygens (including phenoxy) is 4. The first-order valence-electron chi connectivity index (χ1n) is 25.1. The van der Waals surface area contributed by atoms with E-state index < -0.39 is 48.3 Å². The third-order valence-electron chi connectivity index (χ3n) is 11.5. The smallest absolute Gasteiger partial charge is 0.550 e. The van der Waals surface area contributed by atoms with Gasteiger partial charge in [-0.05, 0) is 36.8 Å². The number of aliphatic carboxylic acids is 2. The maximum Gasteiger partial charge on any atom is 2.00 e. The standard InChI is InChI=1S/2C27H44O5.Ba/c2*1-3-4-5-6-7-8-9-10-11-12-13-17-20-25(32-23(2)28)26(21-27(29)30)31-22-24-18-15-14-16-19-24;/h2*14-16,18-19,25-26H,3-13,17,20-22H2,1-2H3,(H,29,30);/q;;+2/p-2. The Hall–Kier alpha value is -2.19. The largest absolute Gasteiger partial charge is 2.00 e. The van der Waals surface area contributed by atoms with E-state index in [1.807, 2.05) is 60.7 Å². The molecule has 0 bridgehead atoms. The summed E-state index contributed by atoms with van der Waals surface area (Å²) in [4.78, 5) is 45.7. The zero-order valence-corrected chi connectivity index (χ0v) is 45.5. The zero-order valence-electron chi connectivity index (χ0n) is 41.1. The Morgan fingerprint density at radius 1 is 0.415 bits per heavy atom. The minimum atomic E-state index is -1.20. The van der Waals surface area contributed by atoms with Crippen molar-refractivity contribution in [2.24, 2.45) is 0 Å². The third-order valence-corrected chi connectivity index (χ3v) is 11.5. The fourth-order valence-electron chi connectivity index (χ4n) is 7.92. The summed E-state index contributed by atoms with van der Waals surface area (Å²) in [5, 5.41) is 22.5. The summed E-state index contributed by atoms with van der Waals surface area (Å²) in [6.45, 7) is 7.74. The molecule has 0 spiro atoms. The molecule has 0 amide bonds. The predicted molar refractivity (Wildman–Crippen MR) is 258 cm³/mol. The number of hydrogen-bond donors (Lipinski definition) is 0. The van der Waals surface area contributed by atoms with Crippen molar-refractivity contribution in [3.63, 3.8) is 0 Å². The van der Waals surface area contributed by atoms with E-state index in [0.717, 1.165) is 49.7 Å². The van der Waals surface area contributed by atoms with Gasteiger partial charge in [0.25, 0.3) is 0 Å². The van der Waals surface area contributed by atoms with Crippen LogP contribution in [-0.2, 0) is 51.3 Å². The summed E-state index contributed by atoms with van der Waals surface area (Å²) in [5.41, 5.74) is 1.89. The molecule has 0 heterocycles. The predicted octanol–water partition coefficient (Wildman–Crippen LogP) is 11.1. The molecule has 65 heavy (non-hydrogen) atoms. The maximum atomic E-state index is 11.6. The van der Waals surface area contributed by atoms with Crippen molar-refractivity contribution in [2.75, 3.05) is 0 Å². The van der Waals surface area contributed by atoms with Gasteiger partial charge in [-0.25, -0.2) is 0 Å². The third kappa shape index (κ3) is 38.5. The van der Waals surface area contributed by atoms with Crippen LogP contribution in [0.3, 0.4) is 0 Å². The van der Waals surface area contributed by atoms with E-state index >= 15 is 0 Å². The Morgan fingerprint density at radius 3 is 0.923 bits per heavy atom. The molecule has 0 aromatic heterocycles. The number of benzene rings is 2. The minimum absolute atomic E-state index is 0. The van der Waals surface area contributed by atoms with Gasteiger partial charge in [-0.3, -0.25) is 9.59 Å². The molecule has 0 radical (unpaired) electrons. The van der Waals surface area contributed by atoms with Crippen molar-refractivity contribution in [1.29, 1.82) is 0 Å². The van der Waals surface area contributed by atoms with E-state index in [0.29, 0.717) is 12.8 Å². The number of carboxylic acid groups (broad SMARTS) is 2. The Morgan fingerprint density at radius 2 is 0.677 bits per heavy atom. The summed E-state index contributed by atoms with van der Waals surface area (Å²) >= 11 is 0. The zero-order chi connectivity index (χ0) is 46.9. The number of esters is 2. The summed E-state index contributed by atoms with van der Waals surface area (Å²) in [6, 6.07) is 19.1. The maximum absolute atomic E-state index is 11.6. The normalized spacial score (nSPS) is 12.7. The number of hydrogen-bond acceptors (Lipinski definition) is 10. The summed E-state index contributed by atoms with van der Waals surface area (Å²) in [7, 11) is 0. The molecule has 4 atom stereocenters. The van der Waals surface area contributed by atoms with E-state index in [2.05, 4.69) is 13.8 Å². The molecule has 0 aliphatic heterocycles. The number of carboxylic acids is 2. The molecular weight excluding hydrogens is 946 g/mol. The molecule has 4 unspecified atom stereocenters. The van der Waals surface area contributed by atoms with Crippen molar-refractivity contribution in [1.82, 2.24) is 0 Å². The molecule has 0 saturated carbocycles. The van der Waals surface area contributed by atoms with Crippen molar-refractivity contribution < 1.29 is 48.3 Å². The van der Waals surface area contributed by atoms with Gasteiger partial charge in [0.1, 0.15) is 24.4 Å². The second kappa shape index (κ2) is 44.3. The van der Waals surface area contributed by atoms with Gasteiger partial charge in [-0.2, -0.15) is 0 Å². The second-order valence-corrected chi connectivity index (χ2v) is 17.5. The molecule has 2 rings (SSSR count). The molecule has 364 valence electrons. The second-order valence-electron chi connectivity index (χ2n) is 17.5. The van der Waals surface area contributed by atoms with Crippen molar-refractivity contribution >= 4 is 72.8 Å². The molecule has 0 aliphatic rings. The first-order chi connectivity index (χ1) is 31.0. The number of unbranched alkanes of at least 4 members (excludes halogenated alkanes) is 22. The van der Waals surface area contributed by atoms with Gasteiger partial charge in [-0.1, -0.05) is 216 Å². The molecule has 2 aromatic rings. The quantitative estimate of drug-likeness (QED) is 0.0358. The van der Waals surface area contributed by atoms with Crippen LogP contribution in [0.1, 0.15) is 219 Å². The van der Waals surface area contributed by atoms with Gasteiger partial charge in [-0.15, -0.1) is 0 Å². The molecular formula is C54H86BaO10. The molecule has 2 aromatic carbocycles. The van der Waals surface area contributed by atoms with Crippen LogP contribution in [0.25, 0.3) is 0 Å². The SMILES string of the molecule is CCCCCCCCCCCCCCC(OC(C)=O)C(CC(=O)[O-])OCc1ccccc1.CCCCCCCCCCCCCCC(OC(C)=O)C(CC(=O)[O-])OCc1ccccc1.[Ba+2]. The first kappa shape index (κ1) is 62.8. The van der Waals surface area contributed by atoms with E-state index in [1.165, 1.54) is 129 Å². The number of rotatable bonds is 40. The van der Waals surface area contributed by atoms with Crippen LogP contribution in [0.2, 0.25) is 0 Å². The van der Waals surface area contributed by atoms with Crippen LogP contribution in [0.15, 0.2) is 60.7 Å². The topological polar surface area (TPSA) is 151 Å². The average molecular weight is 1030 g/mol. The van der Waals surface area contributed by atoms with Crippen molar-refractivity contribution in [3.8, 4) is 0 Å².